The van der Waals surface area contributed by atoms with Gasteiger partial charge in [0.2, 0.25) is 0 Å². The lowest BCUT2D eigenvalue weighted by Crippen LogP contribution is -2.35. The lowest BCUT2D eigenvalue weighted by molar-refractivity contribution is -0.153. The number of guanidine groups is 1. The van der Waals surface area contributed by atoms with Crippen LogP contribution in [0.25, 0.3) is 0 Å². The van der Waals surface area contributed by atoms with Crippen molar-refractivity contribution in [3.63, 3.8) is 0 Å². The minimum absolute atomic E-state index is 0.0537. The van der Waals surface area contributed by atoms with Crippen molar-refractivity contribution in [2.75, 3.05) is 41.9 Å². The Balaban J connectivity index is 2.89. The number of halogens is 3. The maximum Gasteiger partial charge on any atom is 0.422 e. The van der Waals surface area contributed by atoms with Crippen LogP contribution in [0.3, 0.4) is 0 Å². The van der Waals surface area contributed by atoms with Crippen LogP contribution in [0.1, 0.15) is 5.56 Å². The smallest absolute Gasteiger partial charge is 0.422 e. The van der Waals surface area contributed by atoms with Crippen molar-refractivity contribution in [1.82, 2.24) is 9.80 Å². The first kappa shape index (κ1) is 18.9. The molecule has 0 bridgehead atoms. The molecule has 0 N–H and O–H groups in total. The Labute approximate surface area is 134 Å². The average Bonchev–Trinajstić information content (AvgIpc) is 2.44. The van der Waals surface area contributed by atoms with Crippen LogP contribution in [-0.2, 0) is 6.54 Å². The van der Waals surface area contributed by atoms with E-state index in [1.807, 2.05) is 38.0 Å². The summed E-state index contributed by atoms with van der Waals surface area (Å²) in [6.07, 6.45) is -4.39. The zero-order valence-corrected chi connectivity index (χ0v) is 13.9. The van der Waals surface area contributed by atoms with E-state index in [4.69, 9.17) is 9.47 Å². The molecule has 1 aromatic rings. The molecule has 5 nitrogen and oxygen atoms in total. The third-order valence-electron chi connectivity index (χ3n) is 2.82. The summed E-state index contributed by atoms with van der Waals surface area (Å²) in [4.78, 5) is 8.22. The Morgan fingerprint density at radius 1 is 1.09 bits per heavy atom. The molecule has 0 amide bonds. The van der Waals surface area contributed by atoms with E-state index in [9.17, 15) is 13.2 Å². The second-order valence-corrected chi connectivity index (χ2v) is 5.29. The third kappa shape index (κ3) is 6.25. The summed E-state index contributed by atoms with van der Waals surface area (Å²) in [6.45, 7) is -0.978. The number of nitrogens with zero attached hydrogens (tertiary/aromatic N) is 3. The van der Waals surface area contributed by atoms with E-state index >= 15 is 0 Å². The van der Waals surface area contributed by atoms with Crippen LogP contribution in [0.2, 0.25) is 0 Å². The lowest BCUT2D eigenvalue weighted by atomic mass is 10.2. The van der Waals surface area contributed by atoms with E-state index in [1.165, 1.54) is 13.2 Å². The zero-order valence-electron chi connectivity index (χ0n) is 13.9. The molecule has 0 radical (unpaired) electrons. The first-order chi connectivity index (χ1) is 10.6. The highest BCUT2D eigenvalue weighted by atomic mass is 19.4. The second kappa shape index (κ2) is 7.94. The summed E-state index contributed by atoms with van der Waals surface area (Å²) in [5, 5.41) is 0. The number of hydrogen-bond acceptors (Lipinski definition) is 3. The SMILES string of the molecule is COc1cc(CN=C(N(C)C)N(C)C)ccc1OCC(F)(F)F. The fourth-order valence-corrected chi connectivity index (χ4v) is 1.93. The number of rotatable bonds is 5. The molecule has 0 saturated carbocycles. The van der Waals surface area contributed by atoms with Gasteiger partial charge in [-0.25, -0.2) is 4.99 Å². The molecular weight excluding hydrogens is 311 g/mol. The molecule has 8 heteroatoms. The third-order valence-corrected chi connectivity index (χ3v) is 2.82. The molecular formula is C15H22F3N3O2. The van der Waals surface area contributed by atoms with Crippen LogP contribution in [0.4, 0.5) is 13.2 Å². The van der Waals surface area contributed by atoms with Crippen molar-refractivity contribution < 1.29 is 22.6 Å². The minimum Gasteiger partial charge on any atom is -0.493 e. The number of hydrogen-bond donors (Lipinski definition) is 0. The van der Waals surface area contributed by atoms with Crippen molar-refractivity contribution >= 4 is 5.96 Å². The van der Waals surface area contributed by atoms with Crippen LogP contribution >= 0.6 is 0 Å². The average molecular weight is 333 g/mol. The molecule has 130 valence electrons. The van der Waals surface area contributed by atoms with Crippen LogP contribution in [0, 0.1) is 0 Å². The molecule has 0 aromatic heterocycles. The highest BCUT2D eigenvalue weighted by Crippen LogP contribution is 2.30. The summed E-state index contributed by atoms with van der Waals surface area (Å²) in [7, 11) is 8.91. The van der Waals surface area contributed by atoms with Gasteiger partial charge in [-0.1, -0.05) is 6.07 Å². The maximum absolute atomic E-state index is 12.2. The van der Waals surface area contributed by atoms with E-state index in [0.717, 1.165) is 11.5 Å². The Bertz CT molecular complexity index is 533. The van der Waals surface area contributed by atoms with Gasteiger partial charge < -0.3 is 19.3 Å². The summed E-state index contributed by atoms with van der Waals surface area (Å²) < 4.78 is 46.5. The quantitative estimate of drug-likeness (QED) is 0.613. The Hall–Kier alpha value is -2.12. The molecule has 0 fully saturated rings. The first-order valence-corrected chi connectivity index (χ1v) is 6.89. The lowest BCUT2D eigenvalue weighted by Gasteiger charge is -2.22. The largest absolute Gasteiger partial charge is 0.493 e. The van der Waals surface area contributed by atoms with Crippen LogP contribution in [-0.4, -0.2) is 63.8 Å². The van der Waals surface area contributed by atoms with Gasteiger partial charge in [0.05, 0.1) is 13.7 Å². The normalized spacial score (nSPS) is 11.0. The summed E-state index contributed by atoms with van der Waals surface area (Å²) >= 11 is 0. The number of alkyl halides is 3. The number of ether oxygens (including phenoxy) is 2. The van der Waals surface area contributed by atoms with Crippen molar-refractivity contribution in [3.8, 4) is 11.5 Å². The highest BCUT2D eigenvalue weighted by molar-refractivity contribution is 5.79. The molecule has 0 heterocycles. The number of methoxy groups -OCH3 is 1. The Kier molecular flexibility index (Phi) is 6.53. The summed E-state index contributed by atoms with van der Waals surface area (Å²) in [5.41, 5.74) is 0.808. The molecule has 0 atom stereocenters. The standard InChI is InChI=1S/C15H22F3N3O2/c1-20(2)14(21(3)4)19-9-11-6-7-12(13(8-11)22-5)23-10-15(16,17)18/h6-8H,9-10H2,1-5H3. The fraction of sp³-hybridized carbons (Fsp3) is 0.533. The van der Waals surface area contributed by atoms with E-state index in [0.29, 0.717) is 6.54 Å². The fourth-order valence-electron chi connectivity index (χ4n) is 1.93. The van der Waals surface area contributed by atoms with Crippen molar-refractivity contribution in [1.29, 1.82) is 0 Å². The maximum atomic E-state index is 12.2. The van der Waals surface area contributed by atoms with E-state index in [-0.39, 0.29) is 11.5 Å². The Morgan fingerprint density at radius 3 is 2.17 bits per heavy atom. The molecule has 0 aliphatic heterocycles. The van der Waals surface area contributed by atoms with Gasteiger partial charge in [0.25, 0.3) is 0 Å². The van der Waals surface area contributed by atoms with E-state index in [2.05, 4.69) is 4.99 Å². The van der Waals surface area contributed by atoms with Gasteiger partial charge in [0.15, 0.2) is 24.1 Å². The van der Waals surface area contributed by atoms with Gasteiger partial charge in [0, 0.05) is 28.2 Å². The minimum atomic E-state index is -4.39. The highest BCUT2D eigenvalue weighted by Gasteiger charge is 2.29. The Morgan fingerprint density at radius 2 is 1.70 bits per heavy atom. The molecule has 1 rings (SSSR count). The van der Waals surface area contributed by atoms with Gasteiger partial charge in [-0.05, 0) is 17.7 Å². The van der Waals surface area contributed by atoms with Gasteiger partial charge in [0.1, 0.15) is 0 Å². The predicted octanol–water partition coefficient (Wildman–Crippen LogP) is 2.62. The van der Waals surface area contributed by atoms with Crippen molar-refractivity contribution in [2.45, 2.75) is 12.7 Å². The molecule has 0 saturated heterocycles. The van der Waals surface area contributed by atoms with Crippen molar-refractivity contribution in [3.05, 3.63) is 23.8 Å². The predicted molar refractivity (Wildman–Crippen MR) is 83.1 cm³/mol. The number of benzene rings is 1. The summed E-state index contributed by atoms with van der Waals surface area (Å²) in [6, 6.07) is 4.75. The van der Waals surface area contributed by atoms with Crippen LogP contribution in [0.15, 0.2) is 23.2 Å². The molecule has 0 aliphatic carbocycles. The number of aliphatic imine (C=N–C) groups is 1. The van der Waals surface area contributed by atoms with Gasteiger partial charge >= 0.3 is 6.18 Å². The molecule has 0 spiro atoms. The monoisotopic (exact) mass is 333 g/mol. The van der Waals surface area contributed by atoms with E-state index < -0.39 is 12.8 Å². The first-order valence-electron chi connectivity index (χ1n) is 6.89. The molecule has 23 heavy (non-hydrogen) atoms. The summed E-state index contributed by atoms with van der Waals surface area (Å²) in [5.74, 6) is 1.08. The van der Waals surface area contributed by atoms with E-state index in [1.54, 1.807) is 12.1 Å². The topological polar surface area (TPSA) is 37.3 Å². The molecule has 0 aliphatic rings. The van der Waals surface area contributed by atoms with Gasteiger partial charge in [-0.15, -0.1) is 0 Å². The van der Waals surface area contributed by atoms with Crippen LogP contribution < -0.4 is 9.47 Å². The van der Waals surface area contributed by atoms with Crippen LogP contribution in [0.5, 0.6) is 11.5 Å². The van der Waals surface area contributed by atoms with Gasteiger partial charge in [-0.2, -0.15) is 13.2 Å². The second-order valence-electron chi connectivity index (χ2n) is 5.29. The molecule has 0 unspecified atom stereocenters. The van der Waals surface area contributed by atoms with Crippen molar-refractivity contribution in [2.24, 2.45) is 4.99 Å². The zero-order chi connectivity index (χ0) is 17.6. The van der Waals surface area contributed by atoms with Gasteiger partial charge in [-0.3, -0.25) is 0 Å². The molecule has 1 aromatic carbocycles.